The second kappa shape index (κ2) is 8.32. The number of carbonyl (C=O) groups is 2. The molecule has 1 fully saturated rings. The van der Waals surface area contributed by atoms with E-state index in [1.54, 1.807) is 24.3 Å². The first-order chi connectivity index (χ1) is 13.7. The van der Waals surface area contributed by atoms with E-state index in [-0.39, 0.29) is 29.6 Å². The first-order valence-electron chi connectivity index (χ1n) is 8.90. The summed E-state index contributed by atoms with van der Waals surface area (Å²) in [5.41, 5.74) is -0.522. The Bertz CT molecular complexity index is 933. The fourth-order valence-corrected chi connectivity index (χ4v) is 3.27. The minimum Gasteiger partial charge on any atom is -0.492 e. The van der Waals surface area contributed by atoms with Crippen LogP contribution >= 0.6 is 11.6 Å². The van der Waals surface area contributed by atoms with Gasteiger partial charge < -0.3 is 15.0 Å². The molecule has 1 aliphatic heterocycles. The maximum atomic E-state index is 12.9. The predicted molar refractivity (Wildman–Crippen MR) is 103 cm³/mol. The number of alkyl halides is 3. The molecule has 2 amide bonds. The van der Waals surface area contributed by atoms with E-state index in [0.717, 1.165) is 18.2 Å². The summed E-state index contributed by atoms with van der Waals surface area (Å²) >= 11 is 5.93. The molecule has 1 unspecified atom stereocenters. The number of nitrogens with one attached hydrogen (secondary N) is 1. The van der Waals surface area contributed by atoms with Crippen molar-refractivity contribution in [2.45, 2.75) is 19.5 Å². The Morgan fingerprint density at radius 2 is 2.00 bits per heavy atom. The number of halogens is 4. The summed E-state index contributed by atoms with van der Waals surface area (Å²) in [4.78, 5) is 26.5. The second-order valence-electron chi connectivity index (χ2n) is 6.49. The number of benzene rings is 2. The number of amides is 2. The van der Waals surface area contributed by atoms with Gasteiger partial charge in [0.1, 0.15) is 5.75 Å². The highest BCUT2D eigenvalue weighted by Crippen LogP contribution is 2.36. The summed E-state index contributed by atoms with van der Waals surface area (Å²) < 4.78 is 44.3. The lowest BCUT2D eigenvalue weighted by Gasteiger charge is -2.20. The largest absolute Gasteiger partial charge is 0.492 e. The highest BCUT2D eigenvalue weighted by Gasteiger charge is 2.37. The van der Waals surface area contributed by atoms with E-state index in [0.29, 0.717) is 18.0 Å². The molecule has 2 aromatic carbocycles. The molecular weight excluding hydrogens is 409 g/mol. The summed E-state index contributed by atoms with van der Waals surface area (Å²) in [7, 11) is 0. The molecule has 1 N–H and O–H groups in total. The second-order valence-corrected chi connectivity index (χ2v) is 6.89. The summed E-state index contributed by atoms with van der Waals surface area (Å²) in [6.07, 6.45) is -4.63. The van der Waals surface area contributed by atoms with E-state index >= 15 is 0 Å². The monoisotopic (exact) mass is 426 g/mol. The van der Waals surface area contributed by atoms with Crippen LogP contribution in [0.2, 0.25) is 5.02 Å². The molecule has 154 valence electrons. The summed E-state index contributed by atoms with van der Waals surface area (Å²) in [5.74, 6) is -1.06. The smallest absolute Gasteiger partial charge is 0.416 e. The zero-order chi connectivity index (χ0) is 21.2. The van der Waals surface area contributed by atoms with E-state index in [1.807, 2.05) is 6.92 Å². The van der Waals surface area contributed by atoms with Gasteiger partial charge in [0.05, 0.1) is 34.5 Å². The molecule has 2 aromatic rings. The van der Waals surface area contributed by atoms with Gasteiger partial charge in [-0.2, -0.15) is 13.2 Å². The van der Waals surface area contributed by atoms with Crippen LogP contribution in [0.15, 0.2) is 42.5 Å². The fraction of sp³-hybridized carbons (Fsp3) is 0.300. The molecule has 0 saturated carbocycles. The van der Waals surface area contributed by atoms with Crippen LogP contribution in [0.3, 0.4) is 0 Å². The third kappa shape index (κ3) is 4.64. The maximum Gasteiger partial charge on any atom is 0.416 e. The molecule has 3 rings (SSSR count). The zero-order valence-electron chi connectivity index (χ0n) is 15.4. The van der Waals surface area contributed by atoms with Crippen LogP contribution in [0.25, 0.3) is 0 Å². The highest BCUT2D eigenvalue weighted by atomic mass is 35.5. The Labute approximate surface area is 170 Å². The van der Waals surface area contributed by atoms with E-state index < -0.39 is 23.6 Å². The van der Waals surface area contributed by atoms with Crippen molar-refractivity contribution in [1.82, 2.24) is 0 Å². The van der Waals surface area contributed by atoms with Crippen LogP contribution in [0.1, 0.15) is 18.9 Å². The lowest BCUT2D eigenvalue weighted by atomic mass is 10.1. The fourth-order valence-electron chi connectivity index (χ4n) is 3.11. The number of rotatable bonds is 5. The lowest BCUT2D eigenvalue weighted by molar-refractivity contribution is -0.137. The minimum absolute atomic E-state index is 0.0192. The molecule has 1 atom stereocenters. The van der Waals surface area contributed by atoms with Crippen LogP contribution in [0.4, 0.5) is 24.5 Å². The van der Waals surface area contributed by atoms with Crippen molar-refractivity contribution < 1.29 is 27.5 Å². The number of ether oxygens (including phenoxy) is 1. The number of nitrogens with zero attached hydrogens (tertiary/aromatic N) is 1. The van der Waals surface area contributed by atoms with Crippen molar-refractivity contribution in [3.8, 4) is 5.75 Å². The molecule has 0 aromatic heterocycles. The molecule has 1 heterocycles. The minimum atomic E-state index is -4.56. The van der Waals surface area contributed by atoms with Crippen LogP contribution in [-0.2, 0) is 15.8 Å². The molecule has 0 radical (unpaired) electrons. The normalized spacial score (nSPS) is 16.8. The molecule has 9 heteroatoms. The van der Waals surface area contributed by atoms with Crippen LogP contribution in [0, 0.1) is 5.92 Å². The highest BCUT2D eigenvalue weighted by molar-refractivity contribution is 6.33. The number of hydrogen-bond acceptors (Lipinski definition) is 3. The van der Waals surface area contributed by atoms with Gasteiger partial charge in [-0.25, -0.2) is 0 Å². The summed E-state index contributed by atoms with van der Waals surface area (Å²) in [5, 5.41) is 2.40. The van der Waals surface area contributed by atoms with Crippen LogP contribution < -0.4 is 15.0 Å². The molecular formula is C20H18ClF3N2O3. The van der Waals surface area contributed by atoms with Crippen molar-refractivity contribution in [2.75, 3.05) is 23.4 Å². The Morgan fingerprint density at radius 3 is 2.69 bits per heavy atom. The van der Waals surface area contributed by atoms with Crippen LogP contribution in [-0.4, -0.2) is 25.0 Å². The quantitative estimate of drug-likeness (QED) is 0.750. The molecule has 29 heavy (non-hydrogen) atoms. The van der Waals surface area contributed by atoms with Gasteiger partial charge >= 0.3 is 6.18 Å². The number of hydrogen-bond donors (Lipinski definition) is 1. The zero-order valence-corrected chi connectivity index (χ0v) is 16.2. The predicted octanol–water partition coefficient (Wildman–Crippen LogP) is 4.75. The van der Waals surface area contributed by atoms with Gasteiger partial charge in [0, 0.05) is 13.0 Å². The first-order valence-corrected chi connectivity index (χ1v) is 9.28. The van der Waals surface area contributed by atoms with E-state index in [1.165, 1.54) is 4.90 Å². The standard InChI is InChI=1S/C20H18ClF3N2O3/c1-2-29-17-6-4-3-5-16(17)26-11-12(9-18(26)27)19(28)25-15-10-13(20(22,23)24)7-8-14(15)21/h3-8,10,12H,2,9,11H2,1H3,(H,25,28). The van der Waals surface area contributed by atoms with Crippen molar-refractivity contribution in [1.29, 1.82) is 0 Å². The van der Waals surface area contributed by atoms with E-state index in [2.05, 4.69) is 5.32 Å². The number of carbonyl (C=O) groups excluding carboxylic acids is 2. The van der Waals surface area contributed by atoms with E-state index in [9.17, 15) is 22.8 Å². The van der Waals surface area contributed by atoms with Gasteiger partial charge in [-0.15, -0.1) is 0 Å². The Morgan fingerprint density at radius 1 is 1.28 bits per heavy atom. The van der Waals surface area contributed by atoms with Gasteiger partial charge in [0.25, 0.3) is 0 Å². The van der Waals surface area contributed by atoms with Crippen molar-refractivity contribution in [2.24, 2.45) is 5.92 Å². The molecule has 1 saturated heterocycles. The summed E-state index contributed by atoms with van der Waals surface area (Å²) in [6, 6.07) is 9.65. The Balaban J connectivity index is 1.77. The van der Waals surface area contributed by atoms with Crippen molar-refractivity contribution in [3.63, 3.8) is 0 Å². The van der Waals surface area contributed by atoms with Crippen molar-refractivity contribution >= 4 is 34.8 Å². The van der Waals surface area contributed by atoms with Crippen LogP contribution in [0.5, 0.6) is 5.75 Å². The van der Waals surface area contributed by atoms with Gasteiger partial charge in [-0.3, -0.25) is 9.59 Å². The Kier molecular flexibility index (Phi) is 6.02. The van der Waals surface area contributed by atoms with Gasteiger partial charge in [-0.05, 0) is 37.3 Å². The van der Waals surface area contributed by atoms with Gasteiger partial charge in [0.2, 0.25) is 11.8 Å². The molecule has 0 spiro atoms. The van der Waals surface area contributed by atoms with Crippen molar-refractivity contribution in [3.05, 3.63) is 53.1 Å². The van der Waals surface area contributed by atoms with E-state index in [4.69, 9.17) is 16.3 Å². The molecule has 1 aliphatic rings. The maximum absolute atomic E-state index is 12.9. The molecule has 0 aliphatic carbocycles. The molecule has 0 bridgehead atoms. The average Bonchev–Trinajstić information content (AvgIpc) is 3.05. The third-order valence-electron chi connectivity index (χ3n) is 4.50. The molecule has 5 nitrogen and oxygen atoms in total. The number of para-hydroxylation sites is 2. The third-order valence-corrected chi connectivity index (χ3v) is 4.83. The Hall–Kier alpha value is -2.74. The average molecular weight is 427 g/mol. The number of anilines is 2. The van der Waals surface area contributed by atoms with Gasteiger partial charge in [0.15, 0.2) is 0 Å². The lowest BCUT2D eigenvalue weighted by Crippen LogP contribution is -2.28. The summed E-state index contributed by atoms with van der Waals surface area (Å²) in [6.45, 7) is 2.32. The van der Waals surface area contributed by atoms with Gasteiger partial charge in [-0.1, -0.05) is 23.7 Å². The SMILES string of the molecule is CCOc1ccccc1N1CC(C(=O)Nc2cc(C(F)(F)F)ccc2Cl)CC1=O. The topological polar surface area (TPSA) is 58.6 Å². The first kappa shape index (κ1) is 21.0.